The molecule has 0 saturated carbocycles. The standard InChI is InChI=1S/C11H12N2O4/c1-7(14)12-3-2-8-5-11(15)10(13(16)17)4-9(8)6-12/h4-5,15H,2-3,6H2,1H3. The summed E-state index contributed by atoms with van der Waals surface area (Å²) in [4.78, 5) is 22.9. The first kappa shape index (κ1) is 11.4. The topological polar surface area (TPSA) is 83.7 Å². The first-order valence-corrected chi connectivity index (χ1v) is 5.23. The first-order valence-electron chi connectivity index (χ1n) is 5.23. The van der Waals surface area contributed by atoms with Crippen molar-refractivity contribution in [2.45, 2.75) is 19.9 Å². The largest absolute Gasteiger partial charge is 0.502 e. The van der Waals surface area contributed by atoms with Crippen LogP contribution in [-0.4, -0.2) is 27.4 Å². The van der Waals surface area contributed by atoms with Crippen molar-refractivity contribution in [1.29, 1.82) is 0 Å². The van der Waals surface area contributed by atoms with Gasteiger partial charge in [-0.15, -0.1) is 0 Å². The van der Waals surface area contributed by atoms with Crippen LogP contribution < -0.4 is 0 Å². The van der Waals surface area contributed by atoms with E-state index in [0.717, 1.165) is 11.1 Å². The first-order chi connectivity index (χ1) is 7.99. The zero-order valence-electron chi connectivity index (χ0n) is 9.34. The van der Waals surface area contributed by atoms with Gasteiger partial charge in [0.2, 0.25) is 5.91 Å². The molecule has 1 heterocycles. The Bertz CT molecular complexity index is 498. The Morgan fingerprint density at radius 3 is 2.76 bits per heavy atom. The number of phenolic OH excluding ortho intramolecular Hbond substituents is 1. The Morgan fingerprint density at radius 1 is 1.47 bits per heavy atom. The molecule has 0 aliphatic carbocycles. The van der Waals surface area contributed by atoms with E-state index in [1.807, 2.05) is 0 Å². The molecule has 1 aromatic carbocycles. The van der Waals surface area contributed by atoms with Gasteiger partial charge in [-0.2, -0.15) is 0 Å². The number of benzene rings is 1. The number of hydrogen-bond acceptors (Lipinski definition) is 4. The predicted octanol–water partition coefficient (Wildman–Crippen LogP) is 1.20. The molecule has 17 heavy (non-hydrogen) atoms. The van der Waals surface area contributed by atoms with Gasteiger partial charge in [-0.05, 0) is 23.6 Å². The molecule has 0 saturated heterocycles. The van der Waals surface area contributed by atoms with Crippen molar-refractivity contribution in [3.63, 3.8) is 0 Å². The second kappa shape index (κ2) is 4.04. The minimum Gasteiger partial charge on any atom is -0.502 e. The van der Waals surface area contributed by atoms with E-state index in [9.17, 15) is 20.0 Å². The lowest BCUT2D eigenvalue weighted by atomic mass is 9.98. The van der Waals surface area contributed by atoms with Crippen LogP contribution in [0.2, 0.25) is 0 Å². The molecule has 2 rings (SSSR count). The van der Waals surface area contributed by atoms with Gasteiger partial charge in [0.05, 0.1) is 4.92 Å². The fourth-order valence-corrected chi connectivity index (χ4v) is 2.00. The van der Waals surface area contributed by atoms with E-state index < -0.39 is 4.92 Å². The summed E-state index contributed by atoms with van der Waals surface area (Å²) in [5, 5.41) is 20.2. The molecular weight excluding hydrogens is 224 g/mol. The summed E-state index contributed by atoms with van der Waals surface area (Å²) >= 11 is 0. The maximum absolute atomic E-state index is 11.2. The van der Waals surface area contributed by atoms with Gasteiger partial charge < -0.3 is 10.0 Å². The van der Waals surface area contributed by atoms with Gasteiger partial charge in [0.1, 0.15) is 0 Å². The Morgan fingerprint density at radius 2 is 2.18 bits per heavy atom. The molecular formula is C11H12N2O4. The Labute approximate surface area is 97.6 Å². The number of carbonyl (C=O) groups is 1. The molecule has 1 aliphatic heterocycles. The second-order valence-electron chi connectivity index (χ2n) is 4.06. The third-order valence-electron chi connectivity index (χ3n) is 2.95. The van der Waals surface area contributed by atoms with Crippen LogP contribution in [0.3, 0.4) is 0 Å². The number of amides is 1. The molecule has 0 spiro atoms. The summed E-state index contributed by atoms with van der Waals surface area (Å²) < 4.78 is 0. The van der Waals surface area contributed by atoms with Gasteiger partial charge in [-0.3, -0.25) is 14.9 Å². The van der Waals surface area contributed by atoms with Crippen LogP contribution in [-0.2, 0) is 17.8 Å². The van der Waals surface area contributed by atoms with E-state index in [4.69, 9.17) is 0 Å². The Kier molecular flexibility index (Phi) is 2.71. The smallest absolute Gasteiger partial charge is 0.311 e. The van der Waals surface area contributed by atoms with E-state index >= 15 is 0 Å². The fourth-order valence-electron chi connectivity index (χ4n) is 2.00. The van der Waals surface area contributed by atoms with E-state index in [2.05, 4.69) is 0 Å². The van der Waals surface area contributed by atoms with Crippen molar-refractivity contribution < 1.29 is 14.8 Å². The fraction of sp³-hybridized carbons (Fsp3) is 0.364. The Hall–Kier alpha value is -2.11. The number of rotatable bonds is 1. The molecule has 90 valence electrons. The number of carbonyl (C=O) groups excluding carboxylic acids is 1. The summed E-state index contributed by atoms with van der Waals surface area (Å²) in [5.41, 5.74) is 1.29. The highest BCUT2D eigenvalue weighted by Crippen LogP contribution is 2.32. The molecule has 0 atom stereocenters. The molecule has 1 N–H and O–H groups in total. The molecule has 0 radical (unpaired) electrons. The van der Waals surface area contributed by atoms with Gasteiger partial charge in [0.25, 0.3) is 0 Å². The van der Waals surface area contributed by atoms with Gasteiger partial charge >= 0.3 is 5.69 Å². The third kappa shape index (κ3) is 2.06. The maximum Gasteiger partial charge on any atom is 0.311 e. The summed E-state index contributed by atoms with van der Waals surface area (Å²) in [6, 6.07) is 2.77. The normalized spacial score (nSPS) is 14.3. The highest BCUT2D eigenvalue weighted by Gasteiger charge is 2.23. The zero-order valence-corrected chi connectivity index (χ0v) is 9.34. The molecule has 0 unspecified atom stereocenters. The van der Waals surface area contributed by atoms with Gasteiger partial charge in [0, 0.05) is 26.1 Å². The van der Waals surface area contributed by atoms with Crippen LogP contribution in [0.5, 0.6) is 5.75 Å². The van der Waals surface area contributed by atoms with Crippen LogP contribution in [0.1, 0.15) is 18.1 Å². The minimum absolute atomic E-state index is 0.0496. The lowest BCUT2D eigenvalue weighted by Crippen LogP contribution is -2.34. The number of nitrogens with zero attached hydrogens (tertiary/aromatic N) is 2. The van der Waals surface area contributed by atoms with Gasteiger partial charge in [-0.25, -0.2) is 0 Å². The van der Waals surface area contributed by atoms with Crippen LogP contribution >= 0.6 is 0 Å². The van der Waals surface area contributed by atoms with E-state index in [-0.39, 0.29) is 17.3 Å². The molecule has 0 bridgehead atoms. The van der Waals surface area contributed by atoms with Crippen molar-refractivity contribution >= 4 is 11.6 Å². The summed E-state index contributed by atoms with van der Waals surface area (Å²) in [7, 11) is 0. The lowest BCUT2D eigenvalue weighted by Gasteiger charge is -2.27. The molecule has 6 heteroatoms. The summed E-state index contributed by atoms with van der Waals surface area (Å²) in [6.07, 6.45) is 0.612. The van der Waals surface area contributed by atoms with Crippen LogP contribution in [0.25, 0.3) is 0 Å². The number of hydrogen-bond donors (Lipinski definition) is 1. The molecule has 1 aliphatic rings. The lowest BCUT2D eigenvalue weighted by molar-refractivity contribution is -0.386. The van der Waals surface area contributed by atoms with Gasteiger partial charge in [-0.1, -0.05) is 0 Å². The van der Waals surface area contributed by atoms with E-state index in [1.165, 1.54) is 19.1 Å². The highest BCUT2D eigenvalue weighted by molar-refractivity contribution is 5.73. The SMILES string of the molecule is CC(=O)N1CCc2cc(O)c([N+](=O)[O-])cc2C1. The maximum atomic E-state index is 11.2. The highest BCUT2D eigenvalue weighted by atomic mass is 16.6. The summed E-state index contributed by atoms with van der Waals surface area (Å²) in [5.74, 6) is -0.364. The molecule has 6 nitrogen and oxygen atoms in total. The third-order valence-corrected chi connectivity index (χ3v) is 2.95. The Balaban J connectivity index is 2.40. The van der Waals surface area contributed by atoms with Crippen molar-refractivity contribution in [2.24, 2.45) is 0 Å². The second-order valence-corrected chi connectivity index (χ2v) is 4.06. The average Bonchev–Trinajstić information content (AvgIpc) is 2.27. The van der Waals surface area contributed by atoms with Gasteiger partial charge in [0.15, 0.2) is 5.75 Å². The molecule has 1 aromatic rings. The van der Waals surface area contributed by atoms with Crippen LogP contribution in [0.4, 0.5) is 5.69 Å². The number of nitro benzene ring substituents is 1. The molecule has 0 aromatic heterocycles. The van der Waals surface area contributed by atoms with Crippen molar-refractivity contribution in [2.75, 3.05) is 6.54 Å². The average molecular weight is 236 g/mol. The van der Waals surface area contributed by atoms with Crippen LogP contribution in [0.15, 0.2) is 12.1 Å². The summed E-state index contributed by atoms with van der Waals surface area (Å²) in [6.45, 7) is 2.42. The molecule has 0 fully saturated rings. The number of phenols is 1. The minimum atomic E-state index is -0.623. The predicted molar refractivity (Wildman–Crippen MR) is 59.6 cm³/mol. The number of fused-ring (bicyclic) bond motifs is 1. The van der Waals surface area contributed by atoms with E-state index in [0.29, 0.717) is 19.5 Å². The number of nitro groups is 1. The quantitative estimate of drug-likeness (QED) is 0.586. The number of aromatic hydroxyl groups is 1. The van der Waals surface area contributed by atoms with E-state index in [1.54, 1.807) is 4.90 Å². The van der Waals surface area contributed by atoms with Crippen molar-refractivity contribution in [1.82, 2.24) is 4.90 Å². The van der Waals surface area contributed by atoms with Crippen molar-refractivity contribution in [3.8, 4) is 5.75 Å². The molecule has 1 amide bonds. The van der Waals surface area contributed by atoms with Crippen molar-refractivity contribution in [3.05, 3.63) is 33.4 Å². The van der Waals surface area contributed by atoms with Crippen LogP contribution in [0, 0.1) is 10.1 Å². The monoisotopic (exact) mass is 236 g/mol. The zero-order chi connectivity index (χ0) is 12.6.